The summed E-state index contributed by atoms with van der Waals surface area (Å²) in [6.45, 7) is 5.94. The second kappa shape index (κ2) is 8.40. The largest absolute Gasteiger partial charge is 0.379 e. The average molecular weight is 376 g/mol. The molecule has 2 amide bonds. The molecule has 1 saturated carbocycles. The lowest BCUT2D eigenvalue weighted by Gasteiger charge is -2.54. The quantitative estimate of drug-likeness (QED) is 0.582. The van der Waals surface area contributed by atoms with Crippen LogP contribution in [-0.2, 0) is 9.59 Å². The van der Waals surface area contributed by atoms with Crippen LogP contribution in [0.4, 0.5) is 0 Å². The minimum Gasteiger partial charge on any atom is -0.379 e. The van der Waals surface area contributed by atoms with Crippen molar-refractivity contribution in [2.24, 2.45) is 28.7 Å². The molecule has 0 aromatic heterocycles. The molecule has 3 unspecified atom stereocenters. The maximum absolute atomic E-state index is 12.4. The summed E-state index contributed by atoms with van der Waals surface area (Å²) in [5.74, 6) is -0.735. The van der Waals surface area contributed by atoms with E-state index in [1.165, 1.54) is 0 Å². The lowest BCUT2D eigenvalue weighted by atomic mass is 9.53. The summed E-state index contributed by atoms with van der Waals surface area (Å²) >= 11 is 0. The third kappa shape index (κ3) is 4.17. The molecule has 1 aliphatic carbocycles. The Labute approximate surface area is 161 Å². The Morgan fingerprint density at radius 2 is 1.93 bits per heavy atom. The molecule has 0 heterocycles. The first-order valence-electron chi connectivity index (χ1n) is 9.73. The molecule has 6 nitrogen and oxygen atoms in total. The fraction of sp³-hybridized carbons (Fsp3) is 0.619. The molecule has 4 atom stereocenters. The SMILES string of the molecule is CC1CCC(C[C@H](NC(=O)CN)c2ccccc2)(C(C)C)C(O)(C(N)=O)C1. The molecule has 1 aromatic rings. The van der Waals surface area contributed by atoms with E-state index in [1.54, 1.807) is 0 Å². The molecular weight excluding hydrogens is 342 g/mol. The van der Waals surface area contributed by atoms with Gasteiger partial charge in [0.25, 0.3) is 0 Å². The summed E-state index contributed by atoms with van der Waals surface area (Å²) in [6.07, 6.45) is 2.34. The van der Waals surface area contributed by atoms with Crippen LogP contribution in [0.2, 0.25) is 0 Å². The average Bonchev–Trinajstić information content (AvgIpc) is 2.63. The van der Waals surface area contributed by atoms with Crippen LogP contribution in [0.5, 0.6) is 0 Å². The van der Waals surface area contributed by atoms with E-state index >= 15 is 0 Å². The summed E-state index contributed by atoms with van der Waals surface area (Å²) in [7, 11) is 0. The summed E-state index contributed by atoms with van der Waals surface area (Å²) in [6, 6.07) is 9.23. The van der Waals surface area contributed by atoms with Crippen LogP contribution < -0.4 is 16.8 Å². The van der Waals surface area contributed by atoms with Crippen molar-refractivity contribution in [2.45, 2.75) is 58.1 Å². The van der Waals surface area contributed by atoms with Crippen molar-refractivity contribution in [1.82, 2.24) is 5.32 Å². The monoisotopic (exact) mass is 375 g/mol. The number of carbonyl (C=O) groups is 2. The number of hydrogen-bond donors (Lipinski definition) is 4. The lowest BCUT2D eigenvalue weighted by Crippen LogP contribution is -2.63. The number of nitrogens with two attached hydrogens (primary N) is 2. The van der Waals surface area contributed by atoms with E-state index in [0.717, 1.165) is 12.0 Å². The van der Waals surface area contributed by atoms with Crippen LogP contribution in [-0.4, -0.2) is 29.1 Å². The van der Waals surface area contributed by atoms with Crippen LogP contribution in [0.1, 0.15) is 58.1 Å². The molecule has 27 heavy (non-hydrogen) atoms. The van der Waals surface area contributed by atoms with E-state index in [0.29, 0.717) is 19.3 Å². The van der Waals surface area contributed by atoms with Gasteiger partial charge in [-0.2, -0.15) is 0 Å². The van der Waals surface area contributed by atoms with E-state index in [9.17, 15) is 14.7 Å². The van der Waals surface area contributed by atoms with Gasteiger partial charge in [-0.15, -0.1) is 0 Å². The number of carbonyl (C=O) groups excluding carboxylic acids is 2. The zero-order valence-electron chi connectivity index (χ0n) is 16.6. The van der Waals surface area contributed by atoms with E-state index in [1.807, 2.05) is 51.1 Å². The van der Waals surface area contributed by atoms with Crippen molar-refractivity contribution >= 4 is 11.8 Å². The molecule has 0 aliphatic heterocycles. The van der Waals surface area contributed by atoms with Crippen molar-refractivity contribution in [3.05, 3.63) is 35.9 Å². The topological polar surface area (TPSA) is 118 Å². The van der Waals surface area contributed by atoms with Gasteiger partial charge in [0, 0.05) is 5.41 Å². The summed E-state index contributed by atoms with van der Waals surface area (Å²) < 4.78 is 0. The fourth-order valence-corrected chi connectivity index (χ4v) is 4.69. The zero-order chi connectivity index (χ0) is 20.2. The minimum absolute atomic E-state index is 0.00323. The zero-order valence-corrected chi connectivity index (χ0v) is 16.6. The number of nitrogens with one attached hydrogen (secondary N) is 1. The maximum atomic E-state index is 12.4. The second-order valence-corrected chi connectivity index (χ2v) is 8.32. The number of amides is 2. The molecule has 1 aliphatic rings. The molecule has 150 valence electrons. The maximum Gasteiger partial charge on any atom is 0.249 e. The number of benzene rings is 1. The molecule has 0 radical (unpaired) electrons. The Balaban J connectivity index is 2.49. The smallest absolute Gasteiger partial charge is 0.249 e. The first-order valence-corrected chi connectivity index (χ1v) is 9.73. The Bertz CT molecular complexity index is 664. The lowest BCUT2D eigenvalue weighted by molar-refractivity contribution is -0.178. The number of aliphatic hydroxyl groups is 1. The molecule has 6 N–H and O–H groups in total. The number of primary amides is 1. The highest BCUT2D eigenvalue weighted by atomic mass is 16.3. The van der Waals surface area contributed by atoms with Gasteiger partial charge in [0.15, 0.2) is 0 Å². The Hall–Kier alpha value is -1.92. The predicted molar refractivity (Wildman–Crippen MR) is 105 cm³/mol. The second-order valence-electron chi connectivity index (χ2n) is 8.32. The van der Waals surface area contributed by atoms with Crippen molar-refractivity contribution in [2.75, 3.05) is 6.54 Å². The van der Waals surface area contributed by atoms with Crippen molar-refractivity contribution in [3.8, 4) is 0 Å². The van der Waals surface area contributed by atoms with E-state index < -0.39 is 16.9 Å². The minimum atomic E-state index is -1.61. The van der Waals surface area contributed by atoms with Gasteiger partial charge in [0.05, 0.1) is 12.6 Å². The molecule has 0 saturated heterocycles. The Kier molecular flexibility index (Phi) is 6.65. The van der Waals surface area contributed by atoms with Gasteiger partial charge in [0.1, 0.15) is 5.60 Å². The summed E-state index contributed by atoms with van der Waals surface area (Å²) in [4.78, 5) is 24.5. The molecule has 0 spiro atoms. The Morgan fingerprint density at radius 1 is 1.30 bits per heavy atom. The highest BCUT2D eigenvalue weighted by Gasteiger charge is 2.59. The van der Waals surface area contributed by atoms with Gasteiger partial charge in [-0.25, -0.2) is 0 Å². The highest BCUT2D eigenvalue weighted by Crippen LogP contribution is 2.55. The van der Waals surface area contributed by atoms with Gasteiger partial charge in [-0.05, 0) is 43.1 Å². The first-order chi connectivity index (χ1) is 12.7. The van der Waals surface area contributed by atoms with E-state index in [2.05, 4.69) is 5.32 Å². The third-order valence-corrected chi connectivity index (χ3v) is 6.35. The molecular formula is C21H33N3O3. The molecule has 0 bridgehead atoms. The summed E-state index contributed by atoms with van der Waals surface area (Å²) in [5.41, 5.74) is 9.81. The molecule has 1 aromatic carbocycles. The predicted octanol–water partition coefficient (Wildman–Crippen LogP) is 1.87. The molecule has 6 heteroatoms. The van der Waals surface area contributed by atoms with Gasteiger partial charge < -0.3 is 21.9 Å². The van der Waals surface area contributed by atoms with Gasteiger partial charge in [0.2, 0.25) is 11.8 Å². The van der Waals surface area contributed by atoms with Crippen molar-refractivity contribution < 1.29 is 14.7 Å². The Morgan fingerprint density at radius 3 is 2.44 bits per heavy atom. The third-order valence-electron chi connectivity index (χ3n) is 6.35. The standard InChI is InChI=1S/C21H33N3O3/c1-14(2)20(10-9-15(3)11-21(20,27)19(23)26)12-17(24-18(25)13-22)16-7-5-4-6-8-16/h4-8,14-15,17,27H,9-13,22H2,1-3H3,(H2,23,26)(H,24,25)/t15?,17-,20?,21?/m0/s1. The van der Waals surface area contributed by atoms with Crippen molar-refractivity contribution in [1.29, 1.82) is 0 Å². The fourth-order valence-electron chi connectivity index (χ4n) is 4.69. The van der Waals surface area contributed by atoms with Crippen LogP contribution >= 0.6 is 0 Å². The van der Waals surface area contributed by atoms with Crippen LogP contribution in [0.25, 0.3) is 0 Å². The first kappa shape index (κ1) is 21.4. The number of hydrogen-bond acceptors (Lipinski definition) is 4. The van der Waals surface area contributed by atoms with Crippen molar-refractivity contribution in [3.63, 3.8) is 0 Å². The van der Waals surface area contributed by atoms with Gasteiger partial charge >= 0.3 is 0 Å². The normalized spacial score (nSPS) is 29.3. The van der Waals surface area contributed by atoms with E-state index in [4.69, 9.17) is 11.5 Å². The van der Waals surface area contributed by atoms with Crippen LogP contribution in [0.15, 0.2) is 30.3 Å². The van der Waals surface area contributed by atoms with Crippen LogP contribution in [0, 0.1) is 17.3 Å². The summed E-state index contributed by atoms with van der Waals surface area (Å²) in [5, 5.41) is 14.4. The highest BCUT2D eigenvalue weighted by molar-refractivity contribution is 5.84. The van der Waals surface area contributed by atoms with Gasteiger partial charge in [-0.1, -0.05) is 51.1 Å². The number of rotatable bonds is 7. The van der Waals surface area contributed by atoms with Crippen LogP contribution in [0.3, 0.4) is 0 Å². The van der Waals surface area contributed by atoms with Gasteiger partial charge in [-0.3, -0.25) is 9.59 Å². The molecule has 1 fully saturated rings. The molecule has 2 rings (SSSR count). The van der Waals surface area contributed by atoms with E-state index in [-0.39, 0.29) is 30.3 Å².